The second-order valence-electron chi connectivity index (χ2n) is 6.07. The highest BCUT2D eigenvalue weighted by atomic mass is 32.2. The van der Waals surface area contributed by atoms with Crippen LogP contribution in [0, 0.1) is 0 Å². The third-order valence-corrected chi connectivity index (χ3v) is 5.59. The van der Waals surface area contributed by atoms with E-state index in [0.29, 0.717) is 16.1 Å². The molecule has 0 aliphatic heterocycles. The lowest BCUT2D eigenvalue weighted by atomic mass is 10.2. The summed E-state index contributed by atoms with van der Waals surface area (Å²) < 4.78 is 70.8. The van der Waals surface area contributed by atoms with Crippen molar-refractivity contribution in [1.29, 1.82) is 0 Å². The zero-order chi connectivity index (χ0) is 22.5. The molecule has 2 aromatic carbocycles. The molecule has 1 N–H and O–H groups in total. The Labute approximate surface area is 171 Å². The molecule has 2 aromatic rings. The van der Waals surface area contributed by atoms with Gasteiger partial charge in [0.1, 0.15) is 6.54 Å². The Morgan fingerprint density at radius 3 is 2.27 bits per heavy atom. The number of hydrogen-bond donors (Lipinski definition) is 1. The van der Waals surface area contributed by atoms with Gasteiger partial charge in [-0.2, -0.15) is 13.2 Å². The highest BCUT2D eigenvalue weighted by Crippen LogP contribution is 2.33. The quantitative estimate of drug-likeness (QED) is 0.661. The highest BCUT2D eigenvalue weighted by Gasteiger charge is 2.33. The summed E-state index contributed by atoms with van der Waals surface area (Å²) in [7, 11) is -4.42. The number of halogens is 3. The van der Waals surface area contributed by atoms with Crippen LogP contribution in [0.25, 0.3) is 0 Å². The molecule has 0 aromatic heterocycles. The van der Waals surface area contributed by atoms with Crippen LogP contribution in [0.5, 0.6) is 0 Å². The zero-order valence-electron chi connectivity index (χ0n) is 16.1. The summed E-state index contributed by atoms with van der Waals surface area (Å²) in [6.45, 7) is 1.95. The average molecular weight is 444 g/mol. The normalized spacial score (nSPS) is 11.6. The molecule has 0 fully saturated rings. The summed E-state index contributed by atoms with van der Waals surface area (Å²) in [5.74, 6) is -1.29. The molecule has 0 spiro atoms. The minimum Gasteiger partial charge on any atom is -0.465 e. The molecule has 0 saturated heterocycles. The van der Waals surface area contributed by atoms with Crippen molar-refractivity contribution in [3.63, 3.8) is 0 Å². The Morgan fingerprint density at radius 1 is 1.10 bits per heavy atom. The van der Waals surface area contributed by atoms with Gasteiger partial charge in [-0.3, -0.25) is 13.9 Å². The first-order valence-corrected chi connectivity index (χ1v) is 10.1. The van der Waals surface area contributed by atoms with Crippen LogP contribution >= 0.6 is 0 Å². The zero-order valence-corrected chi connectivity index (χ0v) is 16.9. The number of ether oxygens (including phenoxy) is 1. The minimum atomic E-state index is -4.70. The monoisotopic (exact) mass is 444 g/mol. The summed E-state index contributed by atoms with van der Waals surface area (Å²) in [6, 6.07) is 8.62. The van der Waals surface area contributed by atoms with Gasteiger partial charge in [0.2, 0.25) is 5.91 Å². The lowest BCUT2D eigenvalue weighted by Gasteiger charge is -2.24. The molecular formula is C19H19F3N2O5S. The van der Waals surface area contributed by atoms with E-state index in [1.807, 2.05) is 0 Å². The van der Waals surface area contributed by atoms with Gasteiger partial charge in [-0.05, 0) is 49.4 Å². The van der Waals surface area contributed by atoms with Crippen molar-refractivity contribution in [1.82, 2.24) is 0 Å². The molecule has 0 unspecified atom stereocenters. The van der Waals surface area contributed by atoms with E-state index in [1.165, 1.54) is 38.1 Å². The number of benzene rings is 2. The van der Waals surface area contributed by atoms with Crippen LogP contribution in [0.15, 0.2) is 53.4 Å². The second-order valence-corrected chi connectivity index (χ2v) is 7.93. The Kier molecular flexibility index (Phi) is 7.08. The number of anilines is 2. The first kappa shape index (κ1) is 23.2. The van der Waals surface area contributed by atoms with E-state index in [2.05, 4.69) is 5.32 Å². The van der Waals surface area contributed by atoms with Crippen molar-refractivity contribution < 1.29 is 35.9 Å². The molecule has 0 aliphatic rings. The van der Waals surface area contributed by atoms with Crippen molar-refractivity contribution in [3.05, 3.63) is 54.1 Å². The number of nitrogens with zero attached hydrogens (tertiary/aromatic N) is 1. The molecule has 162 valence electrons. The number of carbonyl (C=O) groups excluding carboxylic acids is 2. The van der Waals surface area contributed by atoms with E-state index >= 15 is 0 Å². The van der Waals surface area contributed by atoms with Crippen molar-refractivity contribution in [2.24, 2.45) is 0 Å². The minimum absolute atomic E-state index is 0.0271. The molecular weight excluding hydrogens is 425 g/mol. The molecule has 0 aliphatic carbocycles. The first-order chi connectivity index (χ1) is 13.9. The van der Waals surface area contributed by atoms with Crippen LogP contribution in [0.2, 0.25) is 0 Å². The standard InChI is InChI=1S/C19H19F3N2O5S/c1-3-29-18(26)12-24(16-6-4-5-14(11-16)19(20,21)22)30(27,28)17-9-7-15(8-10-17)23-13(2)25/h4-11H,3,12H2,1-2H3,(H,23,25). The Balaban J connectivity index is 2.50. The first-order valence-electron chi connectivity index (χ1n) is 8.68. The maximum atomic E-state index is 13.1. The summed E-state index contributed by atoms with van der Waals surface area (Å²) in [5.41, 5.74) is -1.08. The maximum Gasteiger partial charge on any atom is 0.416 e. The molecule has 0 saturated carbocycles. The Bertz CT molecular complexity index is 1020. The number of nitrogens with one attached hydrogen (secondary N) is 1. The van der Waals surface area contributed by atoms with E-state index in [0.717, 1.165) is 18.2 Å². The van der Waals surface area contributed by atoms with Gasteiger partial charge in [-0.15, -0.1) is 0 Å². The SMILES string of the molecule is CCOC(=O)CN(c1cccc(C(F)(F)F)c1)S(=O)(=O)c1ccc(NC(C)=O)cc1. The number of esters is 1. The molecule has 0 atom stereocenters. The van der Waals surface area contributed by atoms with Gasteiger partial charge in [0.15, 0.2) is 0 Å². The largest absolute Gasteiger partial charge is 0.465 e. The van der Waals surface area contributed by atoms with Crippen molar-refractivity contribution in [3.8, 4) is 0 Å². The summed E-state index contributed by atoms with van der Waals surface area (Å²) in [4.78, 5) is 22.8. The summed E-state index contributed by atoms with van der Waals surface area (Å²) >= 11 is 0. The third-order valence-electron chi connectivity index (χ3n) is 3.80. The Hall–Kier alpha value is -3.08. The fourth-order valence-electron chi connectivity index (χ4n) is 2.52. The molecule has 0 radical (unpaired) electrons. The molecule has 30 heavy (non-hydrogen) atoms. The van der Waals surface area contributed by atoms with Crippen molar-refractivity contribution in [2.75, 3.05) is 22.8 Å². The number of carbonyl (C=O) groups is 2. The average Bonchev–Trinajstić information content (AvgIpc) is 2.65. The van der Waals surface area contributed by atoms with E-state index in [4.69, 9.17) is 4.74 Å². The van der Waals surface area contributed by atoms with Crippen molar-refractivity contribution in [2.45, 2.75) is 24.9 Å². The van der Waals surface area contributed by atoms with Crippen LogP contribution in [-0.4, -0.2) is 33.4 Å². The predicted molar refractivity (Wildman–Crippen MR) is 103 cm³/mol. The number of sulfonamides is 1. The third kappa shape index (κ3) is 5.72. The predicted octanol–water partition coefficient (Wildman–Crippen LogP) is 3.42. The van der Waals surface area contributed by atoms with Gasteiger partial charge in [-0.1, -0.05) is 6.07 Å². The van der Waals surface area contributed by atoms with Gasteiger partial charge >= 0.3 is 12.1 Å². The van der Waals surface area contributed by atoms with Gasteiger partial charge in [0, 0.05) is 12.6 Å². The van der Waals surface area contributed by atoms with E-state index in [9.17, 15) is 31.2 Å². The number of amides is 1. The lowest BCUT2D eigenvalue weighted by molar-refractivity contribution is -0.141. The molecule has 7 nitrogen and oxygen atoms in total. The van der Waals surface area contributed by atoms with Crippen molar-refractivity contribution >= 4 is 33.3 Å². The van der Waals surface area contributed by atoms with Crippen LogP contribution < -0.4 is 9.62 Å². The lowest BCUT2D eigenvalue weighted by Crippen LogP contribution is -2.36. The second kappa shape index (κ2) is 9.16. The van der Waals surface area contributed by atoms with Crippen LogP contribution in [-0.2, 0) is 30.5 Å². The number of alkyl halides is 3. The van der Waals surface area contributed by atoms with Gasteiger partial charge in [0.05, 0.1) is 22.8 Å². The van der Waals surface area contributed by atoms with Gasteiger partial charge in [-0.25, -0.2) is 8.42 Å². The molecule has 2 rings (SSSR count). The van der Waals surface area contributed by atoms with E-state index < -0.39 is 34.3 Å². The van der Waals surface area contributed by atoms with Gasteiger partial charge < -0.3 is 10.1 Å². The number of hydrogen-bond acceptors (Lipinski definition) is 5. The summed E-state index contributed by atoms with van der Waals surface area (Å²) in [5, 5.41) is 2.47. The molecule has 11 heteroatoms. The fourth-order valence-corrected chi connectivity index (χ4v) is 3.92. The molecule has 0 heterocycles. The highest BCUT2D eigenvalue weighted by molar-refractivity contribution is 7.92. The van der Waals surface area contributed by atoms with E-state index in [1.54, 1.807) is 0 Å². The fraction of sp³-hybridized carbons (Fsp3) is 0.263. The van der Waals surface area contributed by atoms with Crippen LogP contribution in [0.4, 0.5) is 24.5 Å². The topological polar surface area (TPSA) is 92.8 Å². The van der Waals surface area contributed by atoms with Crippen LogP contribution in [0.1, 0.15) is 19.4 Å². The summed E-state index contributed by atoms with van der Waals surface area (Å²) in [6.07, 6.45) is -4.70. The molecule has 1 amide bonds. The number of rotatable bonds is 7. The Morgan fingerprint density at radius 2 is 1.73 bits per heavy atom. The van der Waals surface area contributed by atoms with Gasteiger partial charge in [0.25, 0.3) is 10.0 Å². The van der Waals surface area contributed by atoms with Crippen LogP contribution in [0.3, 0.4) is 0 Å². The molecule has 0 bridgehead atoms. The van der Waals surface area contributed by atoms with E-state index in [-0.39, 0.29) is 23.1 Å². The maximum absolute atomic E-state index is 13.1. The smallest absolute Gasteiger partial charge is 0.416 e.